The Morgan fingerprint density at radius 1 is 1.53 bits per heavy atom. The molecule has 2 rings (SSSR count). The number of carbonyl (C=O) groups excluding carboxylic acids is 1. The number of rotatable bonds is 3. The Morgan fingerprint density at radius 2 is 2.40 bits per heavy atom. The Balaban J connectivity index is 1.73. The molecule has 2 fully saturated rings. The van der Waals surface area contributed by atoms with Crippen molar-refractivity contribution in [2.24, 2.45) is 5.92 Å². The maximum absolute atomic E-state index is 11.7. The van der Waals surface area contributed by atoms with Gasteiger partial charge in [-0.05, 0) is 25.3 Å². The first-order valence-electron chi connectivity index (χ1n) is 6.07. The van der Waals surface area contributed by atoms with Gasteiger partial charge in [0.05, 0.1) is 0 Å². The van der Waals surface area contributed by atoms with Crippen LogP contribution in [-0.2, 0) is 0 Å². The van der Waals surface area contributed by atoms with E-state index in [-0.39, 0.29) is 6.03 Å². The topological polar surface area (TPSA) is 44.4 Å². The third-order valence-electron chi connectivity index (χ3n) is 3.46. The molecule has 0 spiro atoms. The van der Waals surface area contributed by atoms with Gasteiger partial charge in [0.1, 0.15) is 0 Å². The van der Waals surface area contributed by atoms with Crippen LogP contribution < -0.4 is 10.6 Å². The van der Waals surface area contributed by atoms with Crippen LogP contribution in [0.4, 0.5) is 4.79 Å². The lowest BCUT2D eigenvalue weighted by molar-refractivity contribution is 0.205. The molecule has 2 heterocycles. The van der Waals surface area contributed by atoms with Crippen LogP contribution in [0.3, 0.4) is 0 Å². The van der Waals surface area contributed by atoms with Crippen LogP contribution in [0.15, 0.2) is 0 Å². The second-order valence-corrected chi connectivity index (χ2v) is 4.60. The van der Waals surface area contributed by atoms with Crippen molar-refractivity contribution < 1.29 is 4.79 Å². The van der Waals surface area contributed by atoms with Gasteiger partial charge in [0.25, 0.3) is 0 Å². The number of urea groups is 1. The standard InChI is InChI=1S/C11H21N3O/c1-2-3-5-13-11(15)14-7-9-4-6-12-10(9)8-14/h9-10,12H,2-8H2,1H3,(H,13,15)/t9-,10+/m0/s1. The average Bonchev–Trinajstić information content (AvgIpc) is 2.76. The van der Waals surface area contributed by atoms with Crippen molar-refractivity contribution in [3.05, 3.63) is 0 Å². The molecule has 0 aliphatic carbocycles. The van der Waals surface area contributed by atoms with E-state index in [0.717, 1.165) is 39.0 Å². The molecule has 2 aliphatic heterocycles. The Bertz CT molecular complexity index is 220. The summed E-state index contributed by atoms with van der Waals surface area (Å²) in [7, 11) is 0. The van der Waals surface area contributed by atoms with E-state index < -0.39 is 0 Å². The minimum absolute atomic E-state index is 0.125. The van der Waals surface area contributed by atoms with Crippen molar-refractivity contribution >= 4 is 6.03 Å². The maximum atomic E-state index is 11.7. The summed E-state index contributed by atoms with van der Waals surface area (Å²) < 4.78 is 0. The summed E-state index contributed by atoms with van der Waals surface area (Å²) in [6, 6.07) is 0.682. The van der Waals surface area contributed by atoms with E-state index in [2.05, 4.69) is 17.6 Å². The lowest BCUT2D eigenvalue weighted by Crippen LogP contribution is -2.41. The van der Waals surface area contributed by atoms with Crippen LogP contribution in [-0.4, -0.2) is 43.2 Å². The molecule has 2 aliphatic rings. The number of hydrogen-bond donors (Lipinski definition) is 2. The zero-order chi connectivity index (χ0) is 10.7. The molecule has 2 atom stereocenters. The van der Waals surface area contributed by atoms with E-state index in [1.807, 2.05) is 4.90 Å². The summed E-state index contributed by atoms with van der Waals surface area (Å²) in [4.78, 5) is 13.7. The van der Waals surface area contributed by atoms with Crippen LogP contribution in [0.5, 0.6) is 0 Å². The summed E-state index contributed by atoms with van der Waals surface area (Å²) in [6.45, 7) is 5.91. The molecule has 0 aromatic rings. The summed E-state index contributed by atoms with van der Waals surface area (Å²) in [5.74, 6) is 0.696. The maximum Gasteiger partial charge on any atom is 0.317 e. The molecule has 0 aromatic heterocycles. The highest BCUT2D eigenvalue weighted by Crippen LogP contribution is 2.24. The van der Waals surface area contributed by atoms with Gasteiger partial charge in [-0.3, -0.25) is 0 Å². The van der Waals surface area contributed by atoms with Crippen molar-refractivity contribution in [1.29, 1.82) is 0 Å². The van der Waals surface area contributed by atoms with Crippen molar-refractivity contribution in [1.82, 2.24) is 15.5 Å². The van der Waals surface area contributed by atoms with E-state index in [0.29, 0.717) is 12.0 Å². The first-order valence-corrected chi connectivity index (χ1v) is 6.07. The molecule has 0 bridgehead atoms. The summed E-state index contributed by atoms with van der Waals surface area (Å²) in [5.41, 5.74) is 0. The lowest BCUT2D eigenvalue weighted by Gasteiger charge is -2.17. The van der Waals surface area contributed by atoms with Crippen LogP contribution >= 0.6 is 0 Å². The van der Waals surface area contributed by atoms with Gasteiger partial charge in [-0.15, -0.1) is 0 Å². The van der Waals surface area contributed by atoms with Crippen LogP contribution in [0.2, 0.25) is 0 Å². The molecule has 2 amide bonds. The van der Waals surface area contributed by atoms with Crippen LogP contribution in [0.25, 0.3) is 0 Å². The van der Waals surface area contributed by atoms with Gasteiger partial charge in [0.15, 0.2) is 0 Å². The van der Waals surface area contributed by atoms with E-state index in [9.17, 15) is 4.79 Å². The fraction of sp³-hybridized carbons (Fsp3) is 0.909. The second kappa shape index (κ2) is 4.84. The van der Waals surface area contributed by atoms with E-state index in [1.165, 1.54) is 6.42 Å². The molecule has 0 aromatic carbocycles. The molecule has 0 unspecified atom stereocenters. The van der Waals surface area contributed by atoms with Gasteiger partial charge >= 0.3 is 6.03 Å². The van der Waals surface area contributed by atoms with Crippen molar-refractivity contribution in [3.63, 3.8) is 0 Å². The molecule has 15 heavy (non-hydrogen) atoms. The largest absolute Gasteiger partial charge is 0.338 e. The van der Waals surface area contributed by atoms with Gasteiger partial charge in [-0.2, -0.15) is 0 Å². The van der Waals surface area contributed by atoms with Crippen LogP contribution in [0, 0.1) is 5.92 Å². The number of nitrogens with one attached hydrogen (secondary N) is 2. The molecule has 2 saturated heterocycles. The number of hydrogen-bond acceptors (Lipinski definition) is 2. The number of carbonyl (C=O) groups is 1. The van der Waals surface area contributed by atoms with E-state index in [4.69, 9.17) is 0 Å². The van der Waals surface area contributed by atoms with Crippen molar-refractivity contribution in [3.8, 4) is 0 Å². The lowest BCUT2D eigenvalue weighted by atomic mass is 10.1. The Hall–Kier alpha value is -0.770. The highest BCUT2D eigenvalue weighted by Gasteiger charge is 2.37. The second-order valence-electron chi connectivity index (χ2n) is 4.60. The van der Waals surface area contributed by atoms with Crippen LogP contribution in [0.1, 0.15) is 26.2 Å². The first kappa shape index (κ1) is 10.7. The van der Waals surface area contributed by atoms with E-state index >= 15 is 0 Å². The summed E-state index contributed by atoms with van der Waals surface area (Å²) >= 11 is 0. The molecule has 2 N–H and O–H groups in total. The van der Waals surface area contributed by atoms with Gasteiger partial charge in [-0.25, -0.2) is 4.79 Å². The minimum atomic E-state index is 0.125. The average molecular weight is 211 g/mol. The molecule has 86 valence electrons. The SMILES string of the molecule is CCCCNC(=O)N1C[C@@H]2CCN[C@@H]2C1. The number of amides is 2. The number of unbranched alkanes of at least 4 members (excludes halogenated alkanes) is 1. The highest BCUT2D eigenvalue weighted by molar-refractivity contribution is 5.74. The minimum Gasteiger partial charge on any atom is -0.338 e. The van der Waals surface area contributed by atoms with Gasteiger partial charge in [0.2, 0.25) is 0 Å². The van der Waals surface area contributed by atoms with Crippen molar-refractivity contribution in [2.75, 3.05) is 26.2 Å². The first-order chi connectivity index (χ1) is 7.31. The summed E-state index contributed by atoms with van der Waals surface area (Å²) in [6.07, 6.45) is 3.43. The zero-order valence-electron chi connectivity index (χ0n) is 9.46. The predicted molar refractivity (Wildman–Crippen MR) is 59.8 cm³/mol. The molecular formula is C11H21N3O. The number of likely N-dealkylation sites (tertiary alicyclic amines) is 1. The molecule has 0 radical (unpaired) electrons. The smallest absolute Gasteiger partial charge is 0.317 e. The normalized spacial score (nSPS) is 29.3. The molecular weight excluding hydrogens is 190 g/mol. The van der Waals surface area contributed by atoms with Crippen molar-refractivity contribution in [2.45, 2.75) is 32.2 Å². The molecule has 0 saturated carbocycles. The quantitative estimate of drug-likeness (QED) is 0.678. The zero-order valence-corrected chi connectivity index (χ0v) is 9.46. The third-order valence-corrected chi connectivity index (χ3v) is 3.46. The highest BCUT2D eigenvalue weighted by atomic mass is 16.2. The fourth-order valence-electron chi connectivity index (χ4n) is 2.50. The van der Waals surface area contributed by atoms with Gasteiger partial charge < -0.3 is 15.5 Å². The number of nitrogens with zero attached hydrogens (tertiary/aromatic N) is 1. The predicted octanol–water partition coefficient (Wildman–Crippen LogP) is 0.790. The third kappa shape index (κ3) is 2.43. The monoisotopic (exact) mass is 211 g/mol. The Labute approximate surface area is 91.4 Å². The Morgan fingerprint density at radius 3 is 3.13 bits per heavy atom. The van der Waals surface area contributed by atoms with Gasteiger partial charge in [-0.1, -0.05) is 13.3 Å². The summed E-state index contributed by atoms with van der Waals surface area (Å²) in [5, 5.41) is 6.42. The van der Waals surface area contributed by atoms with E-state index in [1.54, 1.807) is 0 Å². The fourth-order valence-corrected chi connectivity index (χ4v) is 2.50. The van der Waals surface area contributed by atoms with Gasteiger partial charge in [0, 0.05) is 25.7 Å². The molecule has 4 nitrogen and oxygen atoms in total. The number of fused-ring (bicyclic) bond motifs is 1. The molecule has 4 heteroatoms. The Kier molecular flexibility index (Phi) is 3.46.